The molecule has 1 aliphatic carbocycles. The van der Waals surface area contributed by atoms with Crippen LogP contribution in [-0.2, 0) is 24.8 Å². The highest BCUT2D eigenvalue weighted by atomic mass is 32.2. The first kappa shape index (κ1) is 29.4. The monoisotopic (exact) mass is 574 g/mol. The third-order valence-electron chi connectivity index (χ3n) is 6.91. The van der Waals surface area contributed by atoms with Crippen molar-refractivity contribution in [3.63, 3.8) is 0 Å². The molecule has 1 atom stereocenters. The van der Waals surface area contributed by atoms with Crippen molar-refractivity contribution in [3.05, 3.63) is 86.5 Å². The second kappa shape index (κ2) is 11.9. The Balaban J connectivity index is 0.00000112. The maximum atomic E-state index is 13.9. The van der Waals surface area contributed by atoms with Gasteiger partial charge in [0.25, 0.3) is 5.56 Å². The van der Waals surface area contributed by atoms with Crippen molar-refractivity contribution in [2.24, 2.45) is 11.3 Å². The van der Waals surface area contributed by atoms with Gasteiger partial charge in [-0.15, -0.1) is 11.3 Å². The van der Waals surface area contributed by atoms with E-state index in [1.54, 1.807) is 28.9 Å². The van der Waals surface area contributed by atoms with Gasteiger partial charge in [0.1, 0.15) is 4.83 Å². The number of aliphatic hydroxyl groups is 1. The minimum atomic E-state index is -4.40. The summed E-state index contributed by atoms with van der Waals surface area (Å²) in [5.41, 5.74) is 1.76. The van der Waals surface area contributed by atoms with Crippen molar-refractivity contribution in [2.75, 3.05) is 6.61 Å². The molecule has 0 bridgehead atoms. The van der Waals surface area contributed by atoms with E-state index in [0.29, 0.717) is 27.7 Å². The third-order valence-corrected chi connectivity index (χ3v) is 9.07. The van der Waals surface area contributed by atoms with Crippen LogP contribution in [0, 0.1) is 11.3 Å². The van der Waals surface area contributed by atoms with Gasteiger partial charge in [-0.3, -0.25) is 9.36 Å². The molecular formula is C30H33F3N2O2S2. The van der Waals surface area contributed by atoms with E-state index in [-0.39, 0.29) is 23.3 Å². The zero-order valence-electron chi connectivity index (χ0n) is 22.5. The van der Waals surface area contributed by atoms with Crippen LogP contribution in [0.25, 0.3) is 15.9 Å². The Morgan fingerprint density at radius 2 is 1.79 bits per heavy atom. The van der Waals surface area contributed by atoms with Gasteiger partial charge in [-0.25, -0.2) is 4.98 Å². The molecule has 208 valence electrons. The van der Waals surface area contributed by atoms with Crippen molar-refractivity contribution in [2.45, 2.75) is 64.0 Å². The molecule has 4 nitrogen and oxygen atoms in total. The molecule has 0 amide bonds. The third kappa shape index (κ3) is 6.58. The predicted octanol–water partition coefficient (Wildman–Crippen LogP) is 7.91. The maximum absolute atomic E-state index is 13.9. The van der Waals surface area contributed by atoms with Crippen molar-refractivity contribution >= 4 is 33.3 Å². The van der Waals surface area contributed by atoms with E-state index in [1.807, 2.05) is 30.3 Å². The standard InChI is InChI=1S/C28H27F3N2OS2.C2H6O/c1-27(2,3)18-12-13-21-22(15-18)36-24-23(21)25(34)33(20-10-5-4-6-11-20)26(32-24)35-16-17-8-7-9-19(14-17)28(29,30)31;1-2-3/h4-11,14,18H,12-13,15-16H2,1-3H3;3H,2H2,1H3. The number of aryl methyl sites for hydroxylation is 1. The fraction of sp³-hybridized carbons (Fsp3) is 0.400. The molecule has 39 heavy (non-hydrogen) atoms. The molecule has 4 aromatic rings. The van der Waals surface area contributed by atoms with E-state index in [4.69, 9.17) is 10.1 Å². The second-order valence-corrected chi connectivity index (χ2v) is 12.7. The number of thiophene rings is 1. The molecule has 0 radical (unpaired) electrons. The van der Waals surface area contributed by atoms with Gasteiger partial charge in [0.2, 0.25) is 0 Å². The lowest BCUT2D eigenvalue weighted by Gasteiger charge is -2.33. The lowest BCUT2D eigenvalue weighted by molar-refractivity contribution is -0.137. The summed E-state index contributed by atoms with van der Waals surface area (Å²) in [6.07, 6.45) is -1.55. The molecule has 0 spiro atoms. The summed E-state index contributed by atoms with van der Waals surface area (Å²) in [6.45, 7) is 8.72. The van der Waals surface area contributed by atoms with Crippen molar-refractivity contribution in [1.29, 1.82) is 0 Å². The summed E-state index contributed by atoms with van der Waals surface area (Å²) < 4.78 is 41.2. The number of halogens is 3. The number of benzene rings is 2. The average Bonchev–Trinajstić information content (AvgIpc) is 3.25. The highest BCUT2D eigenvalue weighted by Gasteiger charge is 2.33. The molecule has 0 fully saturated rings. The first-order chi connectivity index (χ1) is 18.4. The van der Waals surface area contributed by atoms with Crippen molar-refractivity contribution < 1.29 is 18.3 Å². The Labute approximate surface area is 234 Å². The van der Waals surface area contributed by atoms with Crippen LogP contribution >= 0.6 is 23.1 Å². The maximum Gasteiger partial charge on any atom is 0.416 e. The van der Waals surface area contributed by atoms with Gasteiger partial charge in [-0.1, -0.05) is 68.9 Å². The van der Waals surface area contributed by atoms with Crippen LogP contribution < -0.4 is 5.56 Å². The molecule has 9 heteroatoms. The molecule has 1 N–H and O–H groups in total. The first-order valence-electron chi connectivity index (χ1n) is 13.0. The number of nitrogens with zero attached hydrogens (tertiary/aromatic N) is 2. The molecule has 2 aromatic carbocycles. The summed E-state index contributed by atoms with van der Waals surface area (Å²) in [5, 5.41) is 8.75. The fourth-order valence-corrected chi connectivity index (χ4v) is 7.13. The van der Waals surface area contributed by atoms with E-state index in [0.717, 1.165) is 41.8 Å². The fourth-order valence-electron chi connectivity index (χ4n) is 4.83. The van der Waals surface area contributed by atoms with Gasteiger partial charge in [-0.2, -0.15) is 13.2 Å². The summed E-state index contributed by atoms with van der Waals surface area (Å²) in [4.78, 5) is 20.8. The zero-order chi connectivity index (χ0) is 28.4. The molecule has 0 saturated carbocycles. The van der Waals surface area contributed by atoms with Crippen LogP contribution in [0.1, 0.15) is 55.7 Å². The van der Waals surface area contributed by atoms with Crippen LogP contribution in [0.15, 0.2) is 64.5 Å². The number of para-hydroxylation sites is 1. The number of thioether (sulfide) groups is 1. The lowest BCUT2D eigenvalue weighted by atomic mass is 9.72. The molecule has 0 aliphatic heterocycles. The number of fused-ring (bicyclic) bond motifs is 3. The topological polar surface area (TPSA) is 55.1 Å². The number of rotatable bonds is 4. The van der Waals surface area contributed by atoms with Crippen LogP contribution in [-0.4, -0.2) is 21.3 Å². The van der Waals surface area contributed by atoms with E-state index in [1.165, 1.54) is 22.7 Å². The van der Waals surface area contributed by atoms with E-state index in [2.05, 4.69) is 20.8 Å². The Hall–Kier alpha value is -2.62. The number of aromatic nitrogens is 2. The number of hydrogen-bond donors (Lipinski definition) is 1. The van der Waals surface area contributed by atoms with Gasteiger partial charge in [0.15, 0.2) is 5.16 Å². The zero-order valence-corrected chi connectivity index (χ0v) is 24.1. The molecule has 5 rings (SSSR count). The molecule has 1 aliphatic rings. The first-order valence-corrected chi connectivity index (χ1v) is 14.8. The average molecular weight is 575 g/mol. The Morgan fingerprint density at radius 3 is 2.44 bits per heavy atom. The normalized spacial score (nSPS) is 15.5. The van der Waals surface area contributed by atoms with Gasteiger partial charge >= 0.3 is 6.18 Å². The van der Waals surface area contributed by atoms with Crippen molar-refractivity contribution in [1.82, 2.24) is 9.55 Å². The van der Waals surface area contributed by atoms with Crippen LogP contribution in [0.2, 0.25) is 0 Å². The Morgan fingerprint density at radius 1 is 1.10 bits per heavy atom. The highest BCUT2D eigenvalue weighted by Crippen LogP contribution is 2.42. The number of aliphatic hydroxyl groups excluding tert-OH is 1. The Kier molecular flexibility index (Phi) is 8.93. The molecule has 0 saturated heterocycles. The van der Waals surface area contributed by atoms with Gasteiger partial charge in [-0.05, 0) is 66.8 Å². The highest BCUT2D eigenvalue weighted by molar-refractivity contribution is 7.98. The molecular weight excluding hydrogens is 541 g/mol. The van der Waals surface area contributed by atoms with E-state index < -0.39 is 11.7 Å². The molecule has 2 aromatic heterocycles. The van der Waals surface area contributed by atoms with Crippen LogP contribution in [0.3, 0.4) is 0 Å². The second-order valence-electron chi connectivity index (χ2n) is 10.7. The van der Waals surface area contributed by atoms with E-state index >= 15 is 0 Å². The summed E-state index contributed by atoms with van der Waals surface area (Å²) in [5.74, 6) is 0.815. The van der Waals surface area contributed by atoms with Crippen LogP contribution in [0.5, 0.6) is 0 Å². The number of hydrogen-bond acceptors (Lipinski definition) is 5. The Bertz CT molecular complexity index is 1490. The summed E-state index contributed by atoms with van der Waals surface area (Å²) >= 11 is 2.88. The van der Waals surface area contributed by atoms with E-state index in [9.17, 15) is 18.0 Å². The molecule has 2 heterocycles. The van der Waals surface area contributed by atoms with Gasteiger partial charge in [0.05, 0.1) is 16.6 Å². The molecule has 1 unspecified atom stereocenters. The van der Waals surface area contributed by atoms with Gasteiger partial charge < -0.3 is 5.11 Å². The van der Waals surface area contributed by atoms with Gasteiger partial charge in [0, 0.05) is 17.2 Å². The largest absolute Gasteiger partial charge is 0.416 e. The lowest BCUT2D eigenvalue weighted by Crippen LogP contribution is -2.27. The summed E-state index contributed by atoms with van der Waals surface area (Å²) in [6, 6.07) is 14.6. The summed E-state index contributed by atoms with van der Waals surface area (Å²) in [7, 11) is 0. The van der Waals surface area contributed by atoms with Crippen LogP contribution in [0.4, 0.5) is 13.2 Å². The smallest absolute Gasteiger partial charge is 0.397 e. The van der Waals surface area contributed by atoms with Crippen molar-refractivity contribution in [3.8, 4) is 5.69 Å². The quantitative estimate of drug-likeness (QED) is 0.199. The number of alkyl halides is 3. The minimum Gasteiger partial charge on any atom is -0.397 e. The predicted molar refractivity (Wildman–Crippen MR) is 154 cm³/mol. The SMILES string of the molecule is CC(C)(C)C1CCc2c(sc3nc(SCc4cccc(C(F)(F)F)c4)n(-c4ccccc4)c(=O)c23)C1.CCO. The minimum absolute atomic E-state index is 0.107.